The van der Waals surface area contributed by atoms with E-state index in [0.29, 0.717) is 13.2 Å². The van der Waals surface area contributed by atoms with Crippen molar-refractivity contribution >= 4 is 5.97 Å². The van der Waals surface area contributed by atoms with E-state index in [9.17, 15) is 4.79 Å². The normalized spacial score (nSPS) is 14.2. The molecule has 0 spiro atoms. The van der Waals surface area contributed by atoms with E-state index < -0.39 is 5.54 Å². The van der Waals surface area contributed by atoms with Gasteiger partial charge in [-0.1, -0.05) is 13.8 Å². The molecule has 1 unspecified atom stereocenters. The molecule has 0 fully saturated rings. The second-order valence-electron chi connectivity index (χ2n) is 5.84. The van der Waals surface area contributed by atoms with Crippen molar-refractivity contribution in [1.82, 2.24) is 15.1 Å². The van der Waals surface area contributed by atoms with E-state index in [-0.39, 0.29) is 12.0 Å². The number of rotatable bonds is 8. The average molecular weight is 295 g/mol. The topological polar surface area (TPSA) is 56.2 Å². The molecule has 5 nitrogen and oxygen atoms in total. The van der Waals surface area contributed by atoms with Gasteiger partial charge in [-0.3, -0.25) is 10.00 Å². The zero-order chi connectivity index (χ0) is 16.0. The van der Waals surface area contributed by atoms with Crippen LogP contribution in [0.15, 0.2) is 6.07 Å². The van der Waals surface area contributed by atoms with Crippen LogP contribution in [-0.4, -0.2) is 33.9 Å². The summed E-state index contributed by atoms with van der Waals surface area (Å²) in [7, 11) is 0. The molecule has 0 aliphatic carbocycles. The lowest BCUT2D eigenvalue weighted by molar-refractivity contribution is -0.151. The summed E-state index contributed by atoms with van der Waals surface area (Å²) >= 11 is 0. The van der Waals surface area contributed by atoms with Gasteiger partial charge >= 0.3 is 5.97 Å². The molecule has 1 atom stereocenters. The fourth-order valence-corrected chi connectivity index (χ4v) is 2.51. The molecule has 0 amide bonds. The highest BCUT2D eigenvalue weighted by atomic mass is 16.5. The highest BCUT2D eigenvalue weighted by Gasteiger charge is 2.36. The van der Waals surface area contributed by atoms with E-state index in [1.54, 1.807) is 0 Å². The van der Waals surface area contributed by atoms with E-state index in [0.717, 1.165) is 24.2 Å². The second kappa shape index (κ2) is 7.59. The summed E-state index contributed by atoms with van der Waals surface area (Å²) in [5.41, 5.74) is 1.43. The number of ether oxygens (including phenoxy) is 1. The van der Waals surface area contributed by atoms with Gasteiger partial charge in [0.1, 0.15) is 5.54 Å². The summed E-state index contributed by atoms with van der Waals surface area (Å²) in [4.78, 5) is 12.4. The van der Waals surface area contributed by atoms with E-state index in [2.05, 4.69) is 30.3 Å². The van der Waals surface area contributed by atoms with Gasteiger partial charge in [-0.05, 0) is 46.6 Å². The van der Waals surface area contributed by atoms with Crippen molar-refractivity contribution < 1.29 is 9.53 Å². The van der Waals surface area contributed by atoms with Gasteiger partial charge in [-0.2, -0.15) is 5.10 Å². The van der Waals surface area contributed by atoms with Gasteiger partial charge in [0, 0.05) is 11.7 Å². The molecule has 0 radical (unpaired) electrons. The summed E-state index contributed by atoms with van der Waals surface area (Å²) in [5, 5.41) is 7.94. The van der Waals surface area contributed by atoms with E-state index in [1.165, 1.54) is 0 Å². The van der Waals surface area contributed by atoms with Crippen LogP contribution in [0.3, 0.4) is 0 Å². The first-order valence-electron chi connectivity index (χ1n) is 7.86. The fraction of sp³-hybridized carbons (Fsp3) is 0.750. The molecular weight excluding hydrogens is 266 g/mol. The Morgan fingerprint density at radius 2 is 2.05 bits per heavy atom. The predicted molar refractivity (Wildman–Crippen MR) is 84.3 cm³/mol. The van der Waals surface area contributed by atoms with Crippen LogP contribution in [0.1, 0.15) is 52.9 Å². The van der Waals surface area contributed by atoms with Crippen molar-refractivity contribution in [2.75, 3.05) is 6.61 Å². The Labute approximate surface area is 128 Å². The van der Waals surface area contributed by atoms with Gasteiger partial charge in [0.05, 0.1) is 18.8 Å². The molecule has 120 valence electrons. The van der Waals surface area contributed by atoms with Crippen LogP contribution in [0.25, 0.3) is 0 Å². The van der Waals surface area contributed by atoms with E-state index in [1.807, 2.05) is 32.4 Å². The van der Waals surface area contributed by atoms with Gasteiger partial charge in [-0.25, -0.2) is 4.79 Å². The number of esters is 1. The maximum Gasteiger partial charge on any atom is 0.327 e. The molecular formula is C16H29N3O2. The lowest BCUT2D eigenvalue weighted by Crippen LogP contribution is -2.56. The first-order chi connectivity index (χ1) is 9.86. The van der Waals surface area contributed by atoms with Crippen LogP contribution in [0.2, 0.25) is 0 Å². The van der Waals surface area contributed by atoms with E-state index in [4.69, 9.17) is 4.74 Å². The first-order valence-corrected chi connectivity index (χ1v) is 7.86. The number of carbonyl (C=O) groups excluding carboxylic acids is 1. The zero-order valence-electron chi connectivity index (χ0n) is 14.2. The minimum atomic E-state index is -0.773. The van der Waals surface area contributed by atoms with Crippen molar-refractivity contribution in [2.24, 2.45) is 0 Å². The molecule has 0 aliphatic heterocycles. The van der Waals surface area contributed by atoms with Crippen molar-refractivity contribution in [3.05, 3.63) is 17.5 Å². The largest absolute Gasteiger partial charge is 0.465 e. The van der Waals surface area contributed by atoms with Crippen LogP contribution in [0.5, 0.6) is 0 Å². The van der Waals surface area contributed by atoms with Crippen LogP contribution >= 0.6 is 0 Å². The molecule has 1 aromatic rings. The number of hydrogen-bond donors (Lipinski definition) is 1. The Kier molecular flexibility index (Phi) is 6.40. The Hall–Kier alpha value is -1.36. The molecule has 21 heavy (non-hydrogen) atoms. The molecule has 0 aliphatic rings. The average Bonchev–Trinajstić information content (AvgIpc) is 2.80. The molecule has 0 saturated heterocycles. The zero-order valence-corrected chi connectivity index (χ0v) is 14.2. The summed E-state index contributed by atoms with van der Waals surface area (Å²) in [6, 6.07) is 2.30. The van der Waals surface area contributed by atoms with Gasteiger partial charge < -0.3 is 4.74 Å². The highest BCUT2D eigenvalue weighted by molar-refractivity contribution is 5.80. The molecule has 0 saturated carbocycles. The molecule has 5 heteroatoms. The van der Waals surface area contributed by atoms with Gasteiger partial charge in [-0.15, -0.1) is 0 Å². The molecule has 0 bridgehead atoms. The Morgan fingerprint density at radius 3 is 2.52 bits per heavy atom. The third-order valence-corrected chi connectivity index (χ3v) is 3.44. The van der Waals surface area contributed by atoms with Gasteiger partial charge in [0.2, 0.25) is 0 Å². The van der Waals surface area contributed by atoms with E-state index >= 15 is 0 Å². The fourth-order valence-electron chi connectivity index (χ4n) is 2.51. The van der Waals surface area contributed by atoms with Crippen molar-refractivity contribution in [3.8, 4) is 0 Å². The monoisotopic (exact) mass is 295 g/mol. The number of nitrogens with zero attached hydrogens (tertiary/aromatic N) is 2. The SMILES string of the molecule is CCOC(=O)C(C)(Cn1nc(CC)cc1CC)NC(C)C. The summed E-state index contributed by atoms with van der Waals surface area (Å²) in [6.07, 6.45) is 1.79. The predicted octanol–water partition coefficient (Wildman–Crippen LogP) is 2.33. The molecule has 1 aromatic heterocycles. The van der Waals surface area contributed by atoms with Crippen molar-refractivity contribution in [2.45, 2.75) is 72.5 Å². The van der Waals surface area contributed by atoms with Crippen LogP contribution in [-0.2, 0) is 28.9 Å². The minimum absolute atomic E-state index is 0.186. The van der Waals surface area contributed by atoms with Gasteiger partial charge in [0.15, 0.2) is 0 Å². The second-order valence-corrected chi connectivity index (χ2v) is 5.84. The van der Waals surface area contributed by atoms with Crippen LogP contribution < -0.4 is 5.32 Å². The maximum absolute atomic E-state index is 12.4. The number of nitrogens with one attached hydrogen (secondary N) is 1. The number of hydrogen-bond acceptors (Lipinski definition) is 4. The van der Waals surface area contributed by atoms with Crippen molar-refractivity contribution in [3.63, 3.8) is 0 Å². The minimum Gasteiger partial charge on any atom is -0.465 e. The third-order valence-electron chi connectivity index (χ3n) is 3.44. The Bertz CT molecular complexity index is 468. The smallest absolute Gasteiger partial charge is 0.327 e. The van der Waals surface area contributed by atoms with Crippen molar-refractivity contribution in [1.29, 1.82) is 0 Å². The van der Waals surface area contributed by atoms with Crippen LogP contribution in [0, 0.1) is 0 Å². The molecule has 1 heterocycles. The first kappa shape index (κ1) is 17.7. The standard InChI is InChI=1S/C16H29N3O2/c1-7-13-10-14(8-2)19(18-13)11-16(6,17-12(4)5)15(20)21-9-3/h10,12,17H,7-9,11H2,1-6H3. The number of carbonyl (C=O) groups is 1. The Morgan fingerprint density at radius 1 is 1.38 bits per heavy atom. The summed E-state index contributed by atoms with van der Waals surface area (Å²) in [6.45, 7) is 12.8. The van der Waals surface area contributed by atoms with Crippen LogP contribution in [0.4, 0.5) is 0 Å². The van der Waals surface area contributed by atoms with Gasteiger partial charge in [0.25, 0.3) is 0 Å². The number of aromatic nitrogens is 2. The molecule has 0 aromatic carbocycles. The molecule has 1 N–H and O–H groups in total. The third kappa shape index (κ3) is 4.56. The lowest BCUT2D eigenvalue weighted by atomic mass is 10.0. The number of aryl methyl sites for hydroxylation is 2. The maximum atomic E-state index is 12.4. The highest BCUT2D eigenvalue weighted by Crippen LogP contribution is 2.15. The Balaban J connectivity index is 3.05. The quantitative estimate of drug-likeness (QED) is 0.748. The summed E-state index contributed by atoms with van der Waals surface area (Å²) in [5.74, 6) is -0.227. The summed E-state index contributed by atoms with van der Waals surface area (Å²) < 4.78 is 7.18. The molecule has 1 rings (SSSR count). The lowest BCUT2D eigenvalue weighted by Gasteiger charge is -2.31.